The summed E-state index contributed by atoms with van der Waals surface area (Å²) in [5.74, 6) is 0.873. The third-order valence-corrected chi connectivity index (χ3v) is 12.7. The highest BCUT2D eigenvalue weighted by atomic mass is 79.9. The maximum absolute atomic E-state index is 9.52. The fourth-order valence-corrected chi connectivity index (χ4v) is 10.7. The van der Waals surface area contributed by atoms with Gasteiger partial charge in [0, 0.05) is 15.4 Å². The lowest BCUT2D eigenvalue weighted by atomic mass is 9.83. The predicted octanol–water partition coefficient (Wildman–Crippen LogP) is 8.26. The average molecular weight is 479 g/mol. The van der Waals surface area contributed by atoms with E-state index in [0.717, 1.165) is 32.1 Å². The maximum Gasteiger partial charge on any atom is 0.258 e. The summed E-state index contributed by atoms with van der Waals surface area (Å²) in [7, 11) is -2.20. The Labute approximate surface area is 185 Å². The highest BCUT2D eigenvalue weighted by Gasteiger charge is 2.48. The van der Waals surface area contributed by atoms with Gasteiger partial charge in [0.1, 0.15) is 5.75 Å². The minimum absolute atomic E-state index is 0.116. The smallest absolute Gasteiger partial charge is 0.258 e. The van der Waals surface area contributed by atoms with Crippen molar-refractivity contribution in [2.75, 3.05) is 0 Å². The molecule has 5 heteroatoms. The van der Waals surface area contributed by atoms with Crippen LogP contribution >= 0.6 is 15.9 Å². The second kappa shape index (κ2) is 8.81. The normalized spacial score (nSPS) is 13.4. The molecular formula is C24H36BrNO2Si. The number of fused-ring (bicyclic) bond motifs is 1. The molecule has 29 heavy (non-hydrogen) atoms. The Morgan fingerprint density at radius 1 is 1.03 bits per heavy atom. The quantitative estimate of drug-likeness (QED) is 0.196. The van der Waals surface area contributed by atoms with E-state index in [9.17, 15) is 5.21 Å². The van der Waals surface area contributed by atoms with Crippen LogP contribution in [0.1, 0.15) is 73.4 Å². The minimum Gasteiger partial charge on any atom is -0.542 e. The van der Waals surface area contributed by atoms with Gasteiger partial charge >= 0.3 is 0 Å². The number of hydrogen-bond donors (Lipinski definition) is 1. The highest BCUT2D eigenvalue weighted by Crippen LogP contribution is 2.47. The van der Waals surface area contributed by atoms with E-state index in [-0.39, 0.29) is 5.41 Å². The third kappa shape index (κ3) is 4.41. The SMILES string of the molecule is CC(C)[Si](Oc1c(C(C)(C)C)cc2cccc(Br)c2c1/C=N/O)(C(C)C)C(C)C. The van der Waals surface area contributed by atoms with Crippen molar-refractivity contribution in [1.29, 1.82) is 0 Å². The molecule has 0 spiro atoms. The summed E-state index contributed by atoms with van der Waals surface area (Å²) < 4.78 is 8.18. The van der Waals surface area contributed by atoms with Gasteiger partial charge in [0.25, 0.3) is 8.32 Å². The van der Waals surface area contributed by atoms with E-state index in [2.05, 4.69) is 95.5 Å². The van der Waals surface area contributed by atoms with Gasteiger partial charge in [-0.1, -0.05) is 95.5 Å². The van der Waals surface area contributed by atoms with Crippen molar-refractivity contribution in [3.63, 3.8) is 0 Å². The van der Waals surface area contributed by atoms with Crippen molar-refractivity contribution in [2.45, 2.75) is 84.4 Å². The van der Waals surface area contributed by atoms with Crippen LogP contribution in [0.2, 0.25) is 16.6 Å². The molecule has 1 N–H and O–H groups in total. The number of halogens is 1. The van der Waals surface area contributed by atoms with E-state index in [1.165, 1.54) is 6.21 Å². The Kier molecular flexibility index (Phi) is 7.27. The predicted molar refractivity (Wildman–Crippen MR) is 131 cm³/mol. The van der Waals surface area contributed by atoms with E-state index in [1.54, 1.807) is 0 Å². The summed E-state index contributed by atoms with van der Waals surface area (Å²) in [6.45, 7) is 20.4. The Morgan fingerprint density at radius 3 is 2.03 bits per heavy atom. The molecule has 0 saturated carbocycles. The first-order valence-electron chi connectivity index (χ1n) is 10.5. The van der Waals surface area contributed by atoms with Gasteiger partial charge in [-0.2, -0.15) is 0 Å². The van der Waals surface area contributed by atoms with E-state index in [4.69, 9.17) is 4.43 Å². The van der Waals surface area contributed by atoms with Crippen LogP contribution in [-0.4, -0.2) is 19.7 Å². The molecule has 2 aromatic carbocycles. The van der Waals surface area contributed by atoms with Crippen molar-refractivity contribution in [2.24, 2.45) is 5.16 Å². The second-order valence-electron chi connectivity index (χ2n) is 9.92. The van der Waals surface area contributed by atoms with Gasteiger partial charge in [0.05, 0.1) is 6.21 Å². The largest absolute Gasteiger partial charge is 0.542 e. The van der Waals surface area contributed by atoms with Gasteiger partial charge in [-0.25, -0.2) is 0 Å². The zero-order chi connectivity index (χ0) is 22.1. The maximum atomic E-state index is 9.52. The minimum atomic E-state index is -2.20. The lowest BCUT2D eigenvalue weighted by Crippen LogP contribution is -2.51. The van der Waals surface area contributed by atoms with E-state index < -0.39 is 8.32 Å². The first-order valence-corrected chi connectivity index (χ1v) is 13.4. The summed E-state index contributed by atoms with van der Waals surface area (Å²) >= 11 is 3.71. The topological polar surface area (TPSA) is 41.8 Å². The second-order valence-corrected chi connectivity index (χ2v) is 16.1. The summed E-state index contributed by atoms with van der Waals surface area (Å²) in [5, 5.41) is 15.1. The summed E-state index contributed by atoms with van der Waals surface area (Å²) in [6, 6.07) is 8.40. The molecule has 0 aliphatic rings. The van der Waals surface area contributed by atoms with Gasteiger partial charge in [-0.15, -0.1) is 0 Å². The van der Waals surface area contributed by atoms with Crippen LogP contribution in [0.4, 0.5) is 0 Å². The number of nitrogens with zero attached hydrogens (tertiary/aromatic N) is 1. The molecule has 0 aromatic heterocycles. The fraction of sp³-hybridized carbons (Fsp3) is 0.542. The molecule has 3 nitrogen and oxygen atoms in total. The molecule has 0 aliphatic heterocycles. The standard InChI is InChI=1S/C24H36BrNO2Si/c1-15(2)29(16(3)4,17(5)6)28-23-19(14-26-27)22-18(11-10-12-21(22)25)13-20(23)24(7,8)9/h10-17,27H,1-9H3/b26-14+. The van der Waals surface area contributed by atoms with Crippen LogP contribution in [-0.2, 0) is 5.41 Å². The zero-order valence-electron chi connectivity index (χ0n) is 19.3. The summed E-state index contributed by atoms with van der Waals surface area (Å²) in [5.41, 5.74) is 3.23. The number of benzene rings is 2. The van der Waals surface area contributed by atoms with Crippen LogP contribution in [0.5, 0.6) is 5.75 Å². The molecule has 0 atom stereocenters. The van der Waals surface area contributed by atoms with Crippen LogP contribution < -0.4 is 4.43 Å². The van der Waals surface area contributed by atoms with Gasteiger partial charge in [-0.05, 0) is 45.1 Å². The molecule has 2 aromatic rings. The van der Waals surface area contributed by atoms with Crippen LogP contribution in [0, 0.1) is 0 Å². The molecule has 0 bridgehead atoms. The Balaban J connectivity index is 2.99. The zero-order valence-corrected chi connectivity index (χ0v) is 21.9. The van der Waals surface area contributed by atoms with Crippen molar-refractivity contribution in [3.8, 4) is 5.75 Å². The molecule has 2 rings (SSSR count). The number of oxime groups is 1. The number of rotatable bonds is 6. The van der Waals surface area contributed by atoms with Crippen LogP contribution in [0.25, 0.3) is 10.8 Å². The average Bonchev–Trinajstić information content (AvgIpc) is 2.58. The molecule has 0 unspecified atom stereocenters. The Bertz CT molecular complexity index is 876. The Morgan fingerprint density at radius 2 is 1.59 bits per heavy atom. The van der Waals surface area contributed by atoms with Gasteiger partial charge < -0.3 is 9.63 Å². The first kappa shape index (κ1) is 23.9. The first-order chi connectivity index (χ1) is 13.4. The van der Waals surface area contributed by atoms with E-state index >= 15 is 0 Å². The molecule has 0 aliphatic carbocycles. The van der Waals surface area contributed by atoms with E-state index in [1.807, 2.05) is 12.1 Å². The molecule has 0 fully saturated rings. The molecular weight excluding hydrogens is 442 g/mol. The lowest BCUT2D eigenvalue weighted by molar-refractivity contribution is 0.321. The lowest BCUT2D eigenvalue weighted by Gasteiger charge is -2.44. The molecule has 0 heterocycles. The van der Waals surface area contributed by atoms with Crippen LogP contribution in [0.15, 0.2) is 33.9 Å². The van der Waals surface area contributed by atoms with Crippen molar-refractivity contribution in [1.82, 2.24) is 0 Å². The monoisotopic (exact) mass is 477 g/mol. The number of hydrogen-bond acceptors (Lipinski definition) is 3. The molecule has 160 valence electrons. The summed E-state index contributed by atoms with van der Waals surface area (Å²) in [6.07, 6.45) is 1.54. The van der Waals surface area contributed by atoms with Gasteiger partial charge in [0.2, 0.25) is 0 Å². The molecule has 0 saturated heterocycles. The van der Waals surface area contributed by atoms with Crippen molar-refractivity contribution < 1.29 is 9.63 Å². The third-order valence-electron chi connectivity index (χ3n) is 6.09. The van der Waals surface area contributed by atoms with Gasteiger partial charge in [-0.3, -0.25) is 0 Å². The molecule has 0 amide bonds. The van der Waals surface area contributed by atoms with Crippen molar-refractivity contribution in [3.05, 3.63) is 39.9 Å². The summed E-state index contributed by atoms with van der Waals surface area (Å²) in [4.78, 5) is 0. The van der Waals surface area contributed by atoms with Crippen LogP contribution in [0.3, 0.4) is 0 Å². The fourth-order valence-electron chi connectivity index (χ4n) is 4.80. The Hall–Kier alpha value is -1.33. The highest BCUT2D eigenvalue weighted by molar-refractivity contribution is 9.10. The van der Waals surface area contributed by atoms with Gasteiger partial charge in [0.15, 0.2) is 0 Å². The van der Waals surface area contributed by atoms with E-state index in [0.29, 0.717) is 16.6 Å². The van der Waals surface area contributed by atoms with Crippen molar-refractivity contribution >= 4 is 41.2 Å². The molecule has 0 radical (unpaired) electrons.